The number of carbonyl (C=O) groups is 1. The van der Waals surface area contributed by atoms with Gasteiger partial charge in [-0.2, -0.15) is 0 Å². The van der Waals surface area contributed by atoms with Gasteiger partial charge in [0.1, 0.15) is 0 Å². The van der Waals surface area contributed by atoms with Crippen LogP contribution in [-0.2, 0) is 4.79 Å². The van der Waals surface area contributed by atoms with E-state index in [0.29, 0.717) is 6.42 Å². The predicted octanol–water partition coefficient (Wildman–Crippen LogP) is 6.80. The minimum Gasteiger partial charge on any atom is -0.481 e. The van der Waals surface area contributed by atoms with E-state index in [1.54, 1.807) is 0 Å². The fraction of sp³-hybridized carbons (Fsp3) is 0.842. The molecule has 0 aromatic rings. The van der Waals surface area contributed by atoms with Gasteiger partial charge in [0, 0.05) is 0 Å². The molecule has 0 unspecified atom stereocenters. The van der Waals surface area contributed by atoms with Gasteiger partial charge in [-0.05, 0) is 18.9 Å². The second-order valence-corrected chi connectivity index (χ2v) is 6.24. The first-order chi connectivity index (χ1) is 10.7. The monoisotopic (exact) mass is 314 g/mol. The maximum absolute atomic E-state index is 13.2. The molecular weight excluding hydrogens is 279 g/mol. The Hall–Kier alpha value is -0.860. The summed E-state index contributed by atoms with van der Waals surface area (Å²) in [7, 11) is 0. The van der Waals surface area contributed by atoms with Gasteiger partial charge in [0.05, 0.1) is 12.2 Å². The summed E-state index contributed by atoms with van der Waals surface area (Å²) >= 11 is 0. The zero-order valence-corrected chi connectivity index (χ0v) is 14.4. The maximum Gasteiger partial charge on any atom is 0.307 e. The molecule has 0 aliphatic rings. The molecule has 1 N–H and O–H groups in total. The highest BCUT2D eigenvalue weighted by atomic mass is 19.1. The zero-order chi connectivity index (χ0) is 16.5. The Morgan fingerprint density at radius 3 is 1.64 bits per heavy atom. The molecule has 0 aliphatic carbocycles. The molecule has 0 aromatic carbocycles. The van der Waals surface area contributed by atoms with Gasteiger partial charge in [-0.1, -0.05) is 84.0 Å². The van der Waals surface area contributed by atoms with Crippen molar-refractivity contribution in [3.8, 4) is 0 Å². The van der Waals surface area contributed by atoms with Gasteiger partial charge in [-0.25, -0.2) is 4.39 Å². The molecule has 0 aliphatic heterocycles. The summed E-state index contributed by atoms with van der Waals surface area (Å²) in [5, 5.41) is 8.44. The van der Waals surface area contributed by atoms with Crippen LogP contribution >= 0.6 is 0 Å². The number of aliphatic carboxylic acids is 1. The smallest absolute Gasteiger partial charge is 0.307 e. The number of hydrogen-bond donors (Lipinski definition) is 1. The Morgan fingerprint density at radius 2 is 1.23 bits per heavy atom. The first-order valence-electron chi connectivity index (χ1n) is 9.23. The summed E-state index contributed by atoms with van der Waals surface area (Å²) < 4.78 is 13.2. The van der Waals surface area contributed by atoms with Crippen molar-refractivity contribution in [1.82, 2.24) is 0 Å². The molecule has 0 rings (SSSR count). The predicted molar refractivity (Wildman–Crippen MR) is 91.8 cm³/mol. The van der Waals surface area contributed by atoms with E-state index in [2.05, 4.69) is 6.92 Å². The molecule has 0 saturated heterocycles. The highest BCUT2D eigenvalue weighted by Gasteiger charge is 1.99. The highest BCUT2D eigenvalue weighted by molar-refractivity contribution is 5.68. The van der Waals surface area contributed by atoms with E-state index in [0.717, 1.165) is 12.8 Å². The Balaban J connectivity index is 3.17. The maximum atomic E-state index is 13.2. The van der Waals surface area contributed by atoms with Gasteiger partial charge < -0.3 is 5.11 Å². The minimum absolute atomic E-state index is 0.204. The van der Waals surface area contributed by atoms with E-state index < -0.39 is 5.97 Å². The molecule has 0 aromatic heterocycles. The Labute approximate surface area is 136 Å². The van der Waals surface area contributed by atoms with Crippen molar-refractivity contribution >= 4 is 5.97 Å². The molecular formula is C19H35FO2. The van der Waals surface area contributed by atoms with Crippen molar-refractivity contribution in [2.75, 3.05) is 0 Å². The van der Waals surface area contributed by atoms with Crippen LogP contribution in [0.4, 0.5) is 4.39 Å². The third kappa shape index (κ3) is 17.2. The normalized spacial score (nSPS) is 11.8. The molecule has 0 saturated carbocycles. The molecule has 0 fully saturated rings. The summed E-state index contributed by atoms with van der Waals surface area (Å²) in [5.41, 5.74) is 0. The lowest BCUT2D eigenvalue weighted by atomic mass is 10.0. The first kappa shape index (κ1) is 21.1. The number of allylic oxidation sites excluding steroid dienone is 1. The second-order valence-electron chi connectivity index (χ2n) is 6.24. The number of carboxylic acid groups (broad SMARTS) is 1. The Kier molecular flexibility index (Phi) is 15.9. The van der Waals surface area contributed by atoms with Crippen LogP contribution in [0, 0.1) is 0 Å². The fourth-order valence-corrected chi connectivity index (χ4v) is 2.61. The van der Waals surface area contributed by atoms with E-state index in [1.165, 1.54) is 76.7 Å². The topological polar surface area (TPSA) is 37.3 Å². The van der Waals surface area contributed by atoms with Crippen LogP contribution in [0.1, 0.15) is 103 Å². The lowest BCUT2D eigenvalue weighted by Crippen LogP contribution is -1.91. The third-order valence-corrected chi connectivity index (χ3v) is 4.02. The van der Waals surface area contributed by atoms with E-state index in [1.807, 2.05) is 0 Å². The van der Waals surface area contributed by atoms with Crippen LogP contribution in [0.2, 0.25) is 0 Å². The summed E-state index contributed by atoms with van der Waals surface area (Å²) in [6, 6.07) is 0. The Morgan fingerprint density at radius 1 is 0.818 bits per heavy atom. The number of rotatable bonds is 16. The van der Waals surface area contributed by atoms with Gasteiger partial charge in [0.25, 0.3) is 0 Å². The number of carboxylic acids is 1. The van der Waals surface area contributed by atoms with Crippen molar-refractivity contribution in [3.63, 3.8) is 0 Å². The third-order valence-electron chi connectivity index (χ3n) is 4.02. The van der Waals surface area contributed by atoms with Crippen molar-refractivity contribution in [1.29, 1.82) is 0 Å². The van der Waals surface area contributed by atoms with Crippen LogP contribution in [0.3, 0.4) is 0 Å². The molecule has 0 spiro atoms. The van der Waals surface area contributed by atoms with Gasteiger partial charge in [-0.3, -0.25) is 4.79 Å². The van der Waals surface area contributed by atoms with Crippen LogP contribution < -0.4 is 0 Å². The Bertz CT molecular complexity index is 287. The summed E-state index contributed by atoms with van der Waals surface area (Å²) in [5.74, 6) is -1.24. The van der Waals surface area contributed by atoms with Crippen LogP contribution in [0.15, 0.2) is 11.9 Å². The quantitative estimate of drug-likeness (QED) is 0.318. The van der Waals surface area contributed by atoms with Gasteiger partial charge in [0.2, 0.25) is 0 Å². The lowest BCUT2D eigenvalue weighted by Gasteiger charge is -2.03. The molecule has 0 amide bonds. The van der Waals surface area contributed by atoms with Crippen LogP contribution in [-0.4, -0.2) is 11.1 Å². The highest BCUT2D eigenvalue weighted by Crippen LogP contribution is 2.15. The van der Waals surface area contributed by atoms with Crippen LogP contribution in [0.25, 0.3) is 0 Å². The molecule has 3 heteroatoms. The van der Waals surface area contributed by atoms with E-state index >= 15 is 0 Å². The average molecular weight is 314 g/mol. The number of halogens is 1. The van der Waals surface area contributed by atoms with Crippen molar-refractivity contribution in [2.45, 2.75) is 103 Å². The molecule has 0 bridgehead atoms. The van der Waals surface area contributed by atoms with Crippen molar-refractivity contribution in [2.24, 2.45) is 0 Å². The molecule has 0 atom stereocenters. The SMILES string of the molecule is CCCCCCCCCCCCCCC/C(F)=C/CC(=O)O. The summed E-state index contributed by atoms with van der Waals surface area (Å²) in [6.45, 7) is 2.25. The first-order valence-corrected chi connectivity index (χ1v) is 9.23. The molecule has 0 heterocycles. The second kappa shape index (κ2) is 16.5. The average Bonchev–Trinajstić information content (AvgIpc) is 2.49. The van der Waals surface area contributed by atoms with Crippen molar-refractivity contribution < 1.29 is 14.3 Å². The number of hydrogen-bond acceptors (Lipinski definition) is 1. The lowest BCUT2D eigenvalue weighted by molar-refractivity contribution is -0.136. The molecule has 2 nitrogen and oxygen atoms in total. The largest absolute Gasteiger partial charge is 0.481 e. The minimum atomic E-state index is -0.972. The summed E-state index contributed by atoms with van der Waals surface area (Å²) in [4.78, 5) is 10.3. The van der Waals surface area contributed by atoms with E-state index in [9.17, 15) is 9.18 Å². The van der Waals surface area contributed by atoms with Gasteiger partial charge in [0.15, 0.2) is 0 Å². The van der Waals surface area contributed by atoms with Crippen LogP contribution in [0.5, 0.6) is 0 Å². The molecule has 130 valence electrons. The van der Waals surface area contributed by atoms with E-state index in [-0.39, 0.29) is 12.2 Å². The van der Waals surface area contributed by atoms with Gasteiger partial charge in [-0.15, -0.1) is 0 Å². The van der Waals surface area contributed by atoms with Crippen molar-refractivity contribution in [3.05, 3.63) is 11.9 Å². The molecule has 0 radical (unpaired) electrons. The fourth-order valence-electron chi connectivity index (χ4n) is 2.61. The number of unbranched alkanes of at least 4 members (excludes halogenated alkanes) is 12. The summed E-state index contributed by atoms with van der Waals surface area (Å²) in [6.07, 6.45) is 17.9. The molecule has 22 heavy (non-hydrogen) atoms. The standard InChI is InChI=1S/C19H35FO2/c1-2-3-4-5-6-7-8-9-10-11-12-13-14-15-18(20)16-17-19(21)22/h16H,2-15,17H2,1H3,(H,21,22)/b18-16-. The van der Waals surface area contributed by atoms with Gasteiger partial charge >= 0.3 is 5.97 Å². The van der Waals surface area contributed by atoms with E-state index in [4.69, 9.17) is 5.11 Å². The zero-order valence-electron chi connectivity index (χ0n) is 14.4.